The minimum atomic E-state index is -1.61. The summed E-state index contributed by atoms with van der Waals surface area (Å²) in [5, 5.41) is 10.2. The van der Waals surface area contributed by atoms with Crippen LogP contribution in [0.15, 0.2) is 21.5 Å². The Balaban J connectivity index is 2.29. The Morgan fingerprint density at radius 3 is 2.78 bits per heavy atom. The number of methoxy groups -OCH3 is 1. The van der Waals surface area contributed by atoms with Crippen molar-refractivity contribution in [3.63, 3.8) is 0 Å². The average Bonchev–Trinajstić information content (AvgIpc) is 2.83. The maximum Gasteiger partial charge on any atom is 0.339 e. The van der Waals surface area contributed by atoms with Gasteiger partial charge in [0.1, 0.15) is 5.69 Å². The van der Waals surface area contributed by atoms with Crippen molar-refractivity contribution >= 4 is 17.6 Å². The summed E-state index contributed by atoms with van der Waals surface area (Å²) in [5.74, 6) is -0.429. The molecule has 124 valence electrons. The number of hydrogen-bond donors (Lipinski definition) is 1. The van der Waals surface area contributed by atoms with Crippen LogP contribution in [0.1, 0.15) is 28.8 Å². The van der Waals surface area contributed by atoms with Crippen LogP contribution in [0.2, 0.25) is 5.22 Å². The first-order chi connectivity index (χ1) is 10.8. The molecule has 2 heterocycles. The van der Waals surface area contributed by atoms with E-state index in [0.29, 0.717) is 23.6 Å². The average molecular weight is 341 g/mol. The predicted octanol–water partition coefficient (Wildman–Crippen LogP) is 1.56. The Labute approximate surface area is 137 Å². The Kier molecular flexibility index (Phi) is 5.23. The highest BCUT2D eigenvalue weighted by Crippen LogP contribution is 2.18. The molecule has 23 heavy (non-hydrogen) atoms. The highest BCUT2D eigenvalue weighted by molar-refractivity contribution is 6.29. The number of esters is 1. The molecule has 0 saturated carbocycles. The number of nitrogens with zero attached hydrogens (tertiary/aromatic N) is 2. The van der Waals surface area contributed by atoms with Crippen molar-refractivity contribution in [3.8, 4) is 0 Å². The van der Waals surface area contributed by atoms with Crippen molar-refractivity contribution in [1.29, 1.82) is 0 Å². The highest BCUT2D eigenvalue weighted by Gasteiger charge is 2.24. The van der Waals surface area contributed by atoms with E-state index in [-0.39, 0.29) is 17.3 Å². The summed E-state index contributed by atoms with van der Waals surface area (Å²) in [6.07, 6.45) is 0.358. The highest BCUT2D eigenvalue weighted by atomic mass is 35.5. The first-order valence-electron chi connectivity index (χ1n) is 6.92. The van der Waals surface area contributed by atoms with Gasteiger partial charge in [0.05, 0.1) is 12.7 Å². The molecular formula is C15H17ClN2O5. The Bertz CT molecular complexity index is 781. The first-order valence-corrected chi connectivity index (χ1v) is 7.30. The zero-order valence-corrected chi connectivity index (χ0v) is 13.8. The number of aliphatic hydroxyl groups is 1. The van der Waals surface area contributed by atoms with Crippen molar-refractivity contribution in [2.24, 2.45) is 0 Å². The van der Waals surface area contributed by atoms with Gasteiger partial charge in [-0.25, -0.2) is 9.78 Å². The molecule has 2 rings (SSSR count). The van der Waals surface area contributed by atoms with Gasteiger partial charge in [0.25, 0.3) is 5.56 Å². The van der Waals surface area contributed by atoms with Crippen LogP contribution in [-0.4, -0.2) is 27.7 Å². The molecule has 0 radical (unpaired) electrons. The molecule has 7 nitrogen and oxygen atoms in total. The summed E-state index contributed by atoms with van der Waals surface area (Å²) in [6, 6.07) is 1.65. The quantitative estimate of drug-likeness (QED) is 0.830. The molecule has 0 saturated heterocycles. The number of aliphatic hydroxyl groups excluding tert-OH is 1. The maximum atomic E-state index is 12.5. The molecule has 0 aliphatic rings. The number of ether oxygens (including phenoxy) is 1. The number of pyridine rings is 1. The summed E-state index contributed by atoms with van der Waals surface area (Å²) in [5.41, 5.74) is 0.604. The summed E-state index contributed by atoms with van der Waals surface area (Å²) in [4.78, 5) is 28.1. The number of oxazole rings is 1. The number of halogens is 1. The standard InChI is InChI=1S/C15H17ClN2O5/c1-8-4-6-18(7-5-10-13(16)23-9(2)17-10)14(20)11(8)12(19)15(21)22-3/h4,6,12,19H,5,7H2,1-3H3. The van der Waals surface area contributed by atoms with Gasteiger partial charge in [-0.15, -0.1) is 0 Å². The fraction of sp³-hybridized carbons (Fsp3) is 0.400. The van der Waals surface area contributed by atoms with Crippen LogP contribution in [0.5, 0.6) is 0 Å². The minimum Gasteiger partial charge on any atom is -0.467 e. The summed E-state index contributed by atoms with van der Waals surface area (Å²) >= 11 is 5.90. The molecule has 0 aromatic carbocycles. The molecule has 2 aromatic rings. The van der Waals surface area contributed by atoms with Crippen LogP contribution in [0, 0.1) is 13.8 Å². The minimum absolute atomic E-state index is 0.00165. The molecule has 0 aliphatic heterocycles. The normalized spacial score (nSPS) is 12.2. The monoisotopic (exact) mass is 340 g/mol. The van der Waals surface area contributed by atoms with Gasteiger partial charge in [-0.1, -0.05) is 0 Å². The second-order valence-corrected chi connectivity index (χ2v) is 5.38. The lowest BCUT2D eigenvalue weighted by atomic mass is 10.1. The second-order valence-electron chi connectivity index (χ2n) is 5.04. The van der Waals surface area contributed by atoms with Crippen LogP contribution in [0.3, 0.4) is 0 Å². The van der Waals surface area contributed by atoms with E-state index < -0.39 is 17.6 Å². The fourth-order valence-electron chi connectivity index (χ4n) is 2.25. The van der Waals surface area contributed by atoms with Gasteiger partial charge in [0.15, 0.2) is 12.0 Å². The molecule has 0 amide bonds. The topological polar surface area (TPSA) is 94.6 Å². The Morgan fingerprint density at radius 2 is 2.22 bits per heavy atom. The van der Waals surface area contributed by atoms with Crippen molar-refractivity contribution < 1.29 is 19.1 Å². The summed E-state index contributed by atoms with van der Waals surface area (Å²) in [7, 11) is 1.15. The van der Waals surface area contributed by atoms with Gasteiger partial charge in [0, 0.05) is 26.1 Å². The Hall–Kier alpha value is -2.12. The van der Waals surface area contributed by atoms with E-state index in [4.69, 9.17) is 16.0 Å². The largest absolute Gasteiger partial charge is 0.467 e. The SMILES string of the molecule is COC(=O)C(O)c1c(C)ccn(CCc2nc(C)oc2Cl)c1=O. The van der Waals surface area contributed by atoms with Crippen molar-refractivity contribution in [2.75, 3.05) is 7.11 Å². The zero-order valence-electron chi connectivity index (χ0n) is 13.0. The number of hydrogen-bond acceptors (Lipinski definition) is 6. The summed E-state index contributed by atoms with van der Waals surface area (Å²) in [6.45, 7) is 3.61. The lowest BCUT2D eigenvalue weighted by molar-refractivity contribution is -0.150. The van der Waals surface area contributed by atoms with Crippen LogP contribution >= 0.6 is 11.6 Å². The third-order valence-corrected chi connectivity index (χ3v) is 3.76. The van der Waals surface area contributed by atoms with Crippen LogP contribution in [0.25, 0.3) is 0 Å². The maximum absolute atomic E-state index is 12.5. The van der Waals surface area contributed by atoms with Gasteiger partial charge in [-0.05, 0) is 30.2 Å². The lowest BCUT2D eigenvalue weighted by Crippen LogP contribution is -2.30. The van der Waals surface area contributed by atoms with Crippen molar-refractivity contribution in [1.82, 2.24) is 9.55 Å². The third-order valence-electron chi connectivity index (χ3n) is 3.46. The molecule has 1 unspecified atom stereocenters. The molecule has 1 atom stereocenters. The van der Waals surface area contributed by atoms with E-state index in [1.807, 2.05) is 0 Å². The number of carbonyl (C=O) groups excluding carboxylic acids is 1. The number of aromatic nitrogens is 2. The van der Waals surface area contributed by atoms with E-state index in [1.165, 1.54) is 4.57 Å². The predicted molar refractivity (Wildman–Crippen MR) is 82.4 cm³/mol. The van der Waals surface area contributed by atoms with Gasteiger partial charge in [-0.3, -0.25) is 4.79 Å². The van der Waals surface area contributed by atoms with Gasteiger partial charge in [-0.2, -0.15) is 0 Å². The number of carbonyl (C=O) groups is 1. The molecule has 2 aromatic heterocycles. The third kappa shape index (κ3) is 3.62. The molecular weight excluding hydrogens is 324 g/mol. The molecule has 0 spiro atoms. The molecule has 0 bridgehead atoms. The number of rotatable bonds is 5. The van der Waals surface area contributed by atoms with E-state index in [1.54, 1.807) is 26.1 Å². The lowest BCUT2D eigenvalue weighted by Gasteiger charge is -2.13. The van der Waals surface area contributed by atoms with E-state index >= 15 is 0 Å². The van der Waals surface area contributed by atoms with Crippen LogP contribution in [-0.2, 0) is 22.5 Å². The van der Waals surface area contributed by atoms with Crippen LogP contribution < -0.4 is 5.56 Å². The van der Waals surface area contributed by atoms with E-state index in [0.717, 1.165) is 7.11 Å². The van der Waals surface area contributed by atoms with Crippen molar-refractivity contribution in [3.05, 3.63) is 50.5 Å². The fourth-order valence-corrected chi connectivity index (χ4v) is 2.50. The Morgan fingerprint density at radius 1 is 1.52 bits per heavy atom. The van der Waals surface area contributed by atoms with Crippen LogP contribution in [0.4, 0.5) is 0 Å². The first kappa shape index (κ1) is 17.2. The van der Waals surface area contributed by atoms with Crippen molar-refractivity contribution in [2.45, 2.75) is 32.9 Å². The van der Waals surface area contributed by atoms with Gasteiger partial charge in [0.2, 0.25) is 5.22 Å². The molecule has 8 heteroatoms. The zero-order chi connectivity index (χ0) is 17.1. The molecule has 0 aliphatic carbocycles. The van der Waals surface area contributed by atoms with E-state index in [2.05, 4.69) is 9.72 Å². The smallest absolute Gasteiger partial charge is 0.339 e. The summed E-state index contributed by atoms with van der Waals surface area (Å²) < 4.78 is 11.0. The van der Waals surface area contributed by atoms with Gasteiger partial charge >= 0.3 is 5.97 Å². The van der Waals surface area contributed by atoms with Gasteiger partial charge < -0.3 is 18.8 Å². The second kappa shape index (κ2) is 6.97. The van der Waals surface area contributed by atoms with E-state index in [9.17, 15) is 14.7 Å². The molecule has 0 fully saturated rings. The number of aryl methyl sites for hydroxylation is 4. The molecule has 1 N–H and O–H groups in total.